The van der Waals surface area contributed by atoms with Crippen LogP contribution in [0.4, 0.5) is 0 Å². The van der Waals surface area contributed by atoms with Crippen LogP contribution < -0.4 is 0 Å². The standard InChI is InChI=1S/C18H33N3O8/c1-2-3-4-5-6-7-8-26-18-16(25)14(23)12(29-18)10-27-17-15(24)13(20-21-19)11(9-22)28-17/h11-18,22-25H,2-10H2,1H3/t11-,12-,13-,14-,15+,16+,17+,18+/m1/s1. The van der Waals surface area contributed by atoms with Gasteiger partial charge in [-0.1, -0.05) is 44.1 Å². The van der Waals surface area contributed by atoms with Gasteiger partial charge in [0, 0.05) is 11.5 Å². The van der Waals surface area contributed by atoms with E-state index in [4.69, 9.17) is 24.5 Å². The van der Waals surface area contributed by atoms with Crippen molar-refractivity contribution in [2.24, 2.45) is 5.11 Å². The minimum absolute atomic E-state index is 0.183. The van der Waals surface area contributed by atoms with Gasteiger partial charge in [-0.25, -0.2) is 0 Å². The summed E-state index contributed by atoms with van der Waals surface area (Å²) < 4.78 is 21.9. The molecule has 8 atom stereocenters. The number of ether oxygens (including phenoxy) is 4. The molecule has 0 spiro atoms. The molecule has 2 fully saturated rings. The molecule has 11 nitrogen and oxygen atoms in total. The van der Waals surface area contributed by atoms with Crippen molar-refractivity contribution in [3.63, 3.8) is 0 Å². The van der Waals surface area contributed by atoms with Crippen LogP contribution in [0.1, 0.15) is 45.4 Å². The van der Waals surface area contributed by atoms with Gasteiger partial charge in [-0.05, 0) is 12.0 Å². The van der Waals surface area contributed by atoms with E-state index >= 15 is 0 Å². The van der Waals surface area contributed by atoms with Crippen LogP contribution in [0.3, 0.4) is 0 Å². The van der Waals surface area contributed by atoms with E-state index in [2.05, 4.69) is 16.9 Å². The molecule has 0 aliphatic carbocycles. The van der Waals surface area contributed by atoms with Crippen LogP contribution in [0.2, 0.25) is 0 Å². The molecule has 11 heteroatoms. The van der Waals surface area contributed by atoms with Crippen LogP contribution in [0.25, 0.3) is 10.4 Å². The van der Waals surface area contributed by atoms with E-state index in [0.717, 1.165) is 19.3 Å². The lowest BCUT2D eigenvalue weighted by Crippen LogP contribution is -2.38. The molecule has 4 N–H and O–H groups in total. The van der Waals surface area contributed by atoms with Gasteiger partial charge in [0.15, 0.2) is 12.6 Å². The lowest BCUT2D eigenvalue weighted by Gasteiger charge is -2.20. The Morgan fingerprint density at radius 1 is 0.897 bits per heavy atom. The highest BCUT2D eigenvalue weighted by Crippen LogP contribution is 2.27. The Kier molecular flexibility index (Phi) is 10.6. The first kappa shape index (κ1) is 24.3. The van der Waals surface area contributed by atoms with Crippen molar-refractivity contribution in [1.82, 2.24) is 0 Å². The number of unbranched alkanes of at least 4 members (excludes halogenated alkanes) is 5. The largest absolute Gasteiger partial charge is 0.394 e. The third-order valence-corrected chi connectivity index (χ3v) is 5.21. The molecule has 29 heavy (non-hydrogen) atoms. The smallest absolute Gasteiger partial charge is 0.186 e. The van der Waals surface area contributed by atoms with E-state index in [1.54, 1.807) is 0 Å². The second-order valence-electron chi connectivity index (χ2n) is 7.41. The molecule has 0 radical (unpaired) electrons. The van der Waals surface area contributed by atoms with Crippen LogP contribution in [-0.2, 0) is 18.9 Å². The molecule has 0 amide bonds. The third kappa shape index (κ3) is 6.74. The van der Waals surface area contributed by atoms with E-state index in [9.17, 15) is 20.4 Å². The number of hydrogen-bond donors (Lipinski definition) is 4. The number of aliphatic hydroxyl groups excluding tert-OH is 4. The first-order valence-electron chi connectivity index (χ1n) is 10.3. The zero-order chi connectivity index (χ0) is 21.2. The summed E-state index contributed by atoms with van der Waals surface area (Å²) in [6.07, 6.45) is -0.938. The van der Waals surface area contributed by atoms with Crippen LogP contribution in [-0.4, -0.2) is 89.4 Å². The molecular weight excluding hydrogens is 386 g/mol. The van der Waals surface area contributed by atoms with E-state index in [0.29, 0.717) is 6.61 Å². The van der Waals surface area contributed by atoms with Crippen LogP contribution in [0, 0.1) is 0 Å². The fourth-order valence-corrected chi connectivity index (χ4v) is 3.47. The van der Waals surface area contributed by atoms with Crippen molar-refractivity contribution in [2.75, 3.05) is 19.8 Å². The predicted molar refractivity (Wildman–Crippen MR) is 101 cm³/mol. The Morgan fingerprint density at radius 3 is 2.24 bits per heavy atom. The molecule has 0 unspecified atom stereocenters. The van der Waals surface area contributed by atoms with E-state index < -0.39 is 55.7 Å². The quantitative estimate of drug-likeness (QED) is 0.146. The summed E-state index contributed by atoms with van der Waals surface area (Å²) in [5.41, 5.74) is 8.56. The third-order valence-electron chi connectivity index (χ3n) is 5.21. The van der Waals surface area contributed by atoms with Gasteiger partial charge in [0.1, 0.15) is 24.4 Å². The molecule has 2 aliphatic rings. The minimum atomic E-state index is -1.27. The maximum atomic E-state index is 10.2. The average molecular weight is 419 g/mol. The van der Waals surface area contributed by atoms with Gasteiger partial charge >= 0.3 is 0 Å². The summed E-state index contributed by atoms with van der Waals surface area (Å²) in [6, 6.07) is -0.983. The molecule has 0 aromatic carbocycles. The molecule has 2 rings (SSSR count). The van der Waals surface area contributed by atoms with E-state index in [1.165, 1.54) is 19.3 Å². The van der Waals surface area contributed by atoms with Crippen molar-refractivity contribution in [3.05, 3.63) is 10.4 Å². The number of hydrogen-bond acceptors (Lipinski definition) is 9. The van der Waals surface area contributed by atoms with Crippen molar-refractivity contribution in [2.45, 2.75) is 94.6 Å². The predicted octanol–water partition coefficient (Wildman–Crippen LogP) is 0.584. The summed E-state index contributed by atoms with van der Waals surface area (Å²) in [5, 5.41) is 43.1. The second kappa shape index (κ2) is 12.6. The average Bonchev–Trinajstić information content (AvgIpc) is 3.17. The first-order chi connectivity index (χ1) is 14.0. The first-order valence-corrected chi connectivity index (χ1v) is 10.3. The van der Waals surface area contributed by atoms with Crippen molar-refractivity contribution < 1.29 is 39.4 Å². The summed E-state index contributed by atoms with van der Waals surface area (Å²) in [5.74, 6) is 0. The van der Waals surface area contributed by atoms with Gasteiger partial charge in [-0.2, -0.15) is 0 Å². The lowest BCUT2D eigenvalue weighted by atomic mass is 10.1. The normalized spacial score (nSPS) is 37.0. The zero-order valence-electron chi connectivity index (χ0n) is 16.7. The van der Waals surface area contributed by atoms with Gasteiger partial charge in [0.2, 0.25) is 0 Å². The number of azide groups is 1. The van der Waals surface area contributed by atoms with Crippen molar-refractivity contribution >= 4 is 0 Å². The fraction of sp³-hybridized carbons (Fsp3) is 1.00. The Labute approximate surface area is 170 Å². The Balaban J connectivity index is 1.72. The minimum Gasteiger partial charge on any atom is -0.394 e. The Morgan fingerprint density at radius 2 is 1.55 bits per heavy atom. The highest BCUT2D eigenvalue weighted by molar-refractivity contribution is 4.93. The molecule has 2 aliphatic heterocycles. The number of aliphatic hydroxyl groups is 4. The van der Waals surface area contributed by atoms with E-state index in [1.807, 2.05) is 0 Å². The van der Waals surface area contributed by atoms with E-state index in [-0.39, 0.29) is 6.61 Å². The molecule has 2 saturated heterocycles. The fourth-order valence-electron chi connectivity index (χ4n) is 3.47. The zero-order valence-corrected chi connectivity index (χ0v) is 16.7. The van der Waals surface area contributed by atoms with Crippen LogP contribution in [0.15, 0.2) is 5.11 Å². The number of rotatable bonds is 13. The Hall–Kier alpha value is -1.01. The second-order valence-corrected chi connectivity index (χ2v) is 7.41. The number of nitrogens with zero attached hydrogens (tertiary/aromatic N) is 3. The Bertz CT molecular complexity index is 521. The highest BCUT2D eigenvalue weighted by Gasteiger charge is 2.47. The van der Waals surface area contributed by atoms with Gasteiger partial charge in [-0.3, -0.25) is 0 Å². The summed E-state index contributed by atoms with van der Waals surface area (Å²) in [4.78, 5) is 2.63. The highest BCUT2D eigenvalue weighted by atomic mass is 16.7. The van der Waals surface area contributed by atoms with Gasteiger partial charge < -0.3 is 39.4 Å². The molecule has 2 heterocycles. The molecular formula is C18H33N3O8. The SMILES string of the molecule is CCCCCCCCO[C@H]1O[C@H](CO[C@H]2O[C@H](CO)[C@@H](N=[N+]=[N-])[C@@H]2O)[C@@H](O)[C@@H]1O. The summed E-state index contributed by atoms with van der Waals surface area (Å²) in [6.45, 7) is 1.95. The maximum Gasteiger partial charge on any atom is 0.186 e. The summed E-state index contributed by atoms with van der Waals surface area (Å²) >= 11 is 0. The van der Waals surface area contributed by atoms with Crippen LogP contribution in [0.5, 0.6) is 0 Å². The molecule has 0 aromatic heterocycles. The van der Waals surface area contributed by atoms with Gasteiger partial charge in [-0.15, -0.1) is 0 Å². The van der Waals surface area contributed by atoms with Gasteiger partial charge in [0.25, 0.3) is 0 Å². The van der Waals surface area contributed by atoms with Crippen LogP contribution >= 0.6 is 0 Å². The van der Waals surface area contributed by atoms with Gasteiger partial charge in [0.05, 0.1) is 25.4 Å². The molecule has 168 valence electrons. The summed E-state index contributed by atoms with van der Waals surface area (Å²) in [7, 11) is 0. The molecule has 0 bridgehead atoms. The maximum absolute atomic E-state index is 10.2. The lowest BCUT2D eigenvalue weighted by molar-refractivity contribution is -0.206. The van der Waals surface area contributed by atoms with Crippen molar-refractivity contribution in [1.29, 1.82) is 0 Å². The molecule has 0 saturated carbocycles. The molecule has 0 aromatic rings. The monoisotopic (exact) mass is 419 g/mol. The topological polar surface area (TPSA) is 167 Å². The van der Waals surface area contributed by atoms with Crippen molar-refractivity contribution in [3.8, 4) is 0 Å².